The highest BCUT2D eigenvalue weighted by Crippen LogP contribution is 2.42. The number of aliphatic carboxylic acids is 1. The van der Waals surface area contributed by atoms with E-state index in [1.807, 2.05) is 5.51 Å². The van der Waals surface area contributed by atoms with E-state index in [1.54, 1.807) is 11.3 Å². The zero-order valence-corrected chi connectivity index (χ0v) is 20.1. The van der Waals surface area contributed by atoms with Crippen LogP contribution < -0.4 is 0 Å². The van der Waals surface area contributed by atoms with Crippen molar-refractivity contribution in [1.82, 2.24) is 9.88 Å². The Bertz CT molecular complexity index is 744. The van der Waals surface area contributed by atoms with Crippen LogP contribution in [0.3, 0.4) is 0 Å². The van der Waals surface area contributed by atoms with Gasteiger partial charge in [-0.25, -0.2) is 9.78 Å². The van der Waals surface area contributed by atoms with Crippen LogP contribution >= 0.6 is 11.3 Å². The van der Waals surface area contributed by atoms with E-state index < -0.39 is 12.1 Å². The van der Waals surface area contributed by atoms with Crippen molar-refractivity contribution in [2.24, 2.45) is 11.8 Å². The Labute approximate surface area is 197 Å². The first kappa shape index (κ1) is 26.4. The molecule has 188 valence electrons. The first-order valence-corrected chi connectivity index (χ1v) is 12.7. The molecule has 1 aromatic heterocycles. The Kier molecular flexibility index (Phi) is 9.55. The van der Waals surface area contributed by atoms with E-state index in [9.17, 15) is 13.2 Å². The molecule has 33 heavy (non-hydrogen) atoms. The minimum atomic E-state index is -5.08. The number of aromatic nitrogens is 1. The lowest BCUT2D eigenvalue weighted by Gasteiger charge is -2.42. The van der Waals surface area contributed by atoms with Gasteiger partial charge in [-0.2, -0.15) is 13.2 Å². The molecular formula is C23H35F3N2O4S. The number of piperidine rings is 1. The van der Waals surface area contributed by atoms with E-state index >= 15 is 0 Å². The summed E-state index contributed by atoms with van der Waals surface area (Å²) in [7, 11) is 0. The molecule has 0 aromatic carbocycles. The molecule has 2 aliphatic heterocycles. The van der Waals surface area contributed by atoms with Gasteiger partial charge in [-0.3, -0.25) is 4.90 Å². The Morgan fingerprint density at radius 2 is 1.97 bits per heavy atom. The molecule has 3 heterocycles. The summed E-state index contributed by atoms with van der Waals surface area (Å²) in [6.07, 6.45) is 5.26. The van der Waals surface area contributed by atoms with E-state index in [4.69, 9.17) is 19.4 Å². The molecule has 1 unspecified atom stereocenters. The van der Waals surface area contributed by atoms with E-state index in [0.717, 1.165) is 45.4 Å². The summed E-state index contributed by atoms with van der Waals surface area (Å²) >= 11 is 1.79. The summed E-state index contributed by atoms with van der Waals surface area (Å²) in [6, 6.07) is 0. The standard InChI is InChI=1S/C21H34N2O2S.C2HF3O2/c1-17-20(26-16-22-17)14-23-10-8-21(9-11-23)19(7-13-25-21)6-12-24-15-18-4-2-3-5-18;3-2(4,5)1(6)7/h16,18-19H,2-15H2,1H3;(H,6,7). The zero-order chi connectivity index (χ0) is 23.9. The molecule has 0 radical (unpaired) electrons. The number of carboxylic acids is 1. The third-order valence-corrected chi connectivity index (χ3v) is 8.12. The highest BCUT2D eigenvalue weighted by Gasteiger charge is 2.45. The number of aryl methyl sites for hydroxylation is 1. The molecule has 1 atom stereocenters. The lowest BCUT2D eigenvalue weighted by molar-refractivity contribution is -0.192. The minimum Gasteiger partial charge on any atom is -0.475 e. The topological polar surface area (TPSA) is 71.9 Å². The summed E-state index contributed by atoms with van der Waals surface area (Å²) < 4.78 is 44.1. The lowest BCUT2D eigenvalue weighted by Crippen LogP contribution is -2.47. The molecule has 4 rings (SSSR count). The quantitative estimate of drug-likeness (QED) is 0.537. The molecule has 6 nitrogen and oxygen atoms in total. The predicted octanol–water partition coefficient (Wildman–Crippen LogP) is 5.05. The Morgan fingerprint density at radius 1 is 1.30 bits per heavy atom. The highest BCUT2D eigenvalue weighted by atomic mass is 32.1. The zero-order valence-electron chi connectivity index (χ0n) is 19.2. The van der Waals surface area contributed by atoms with Gasteiger partial charge in [0, 0.05) is 44.3 Å². The third kappa shape index (κ3) is 7.63. The van der Waals surface area contributed by atoms with Crippen LogP contribution in [0.4, 0.5) is 13.2 Å². The van der Waals surface area contributed by atoms with Crippen LogP contribution in [-0.4, -0.2) is 65.6 Å². The number of likely N-dealkylation sites (tertiary alicyclic amines) is 1. The molecule has 1 aromatic rings. The average molecular weight is 493 g/mol. The lowest BCUT2D eigenvalue weighted by atomic mass is 9.78. The maximum atomic E-state index is 10.6. The van der Waals surface area contributed by atoms with Crippen molar-refractivity contribution in [2.75, 3.05) is 32.9 Å². The average Bonchev–Trinajstić information content (AvgIpc) is 3.50. The summed E-state index contributed by atoms with van der Waals surface area (Å²) in [4.78, 5) is 17.3. The van der Waals surface area contributed by atoms with Crippen LogP contribution in [0.5, 0.6) is 0 Å². The van der Waals surface area contributed by atoms with Crippen molar-refractivity contribution in [3.05, 3.63) is 16.1 Å². The largest absolute Gasteiger partial charge is 0.490 e. The minimum absolute atomic E-state index is 0.135. The molecule has 3 fully saturated rings. The Hall–Kier alpha value is -1.23. The normalized spacial score (nSPS) is 23.6. The molecule has 0 bridgehead atoms. The van der Waals surface area contributed by atoms with Crippen molar-refractivity contribution >= 4 is 17.3 Å². The molecule has 1 aliphatic carbocycles. The fraction of sp³-hybridized carbons (Fsp3) is 0.826. The summed E-state index contributed by atoms with van der Waals surface area (Å²) in [5, 5.41) is 7.12. The molecule has 1 spiro atoms. The molecule has 3 aliphatic rings. The number of halogens is 3. The monoisotopic (exact) mass is 492 g/mol. The van der Waals surface area contributed by atoms with Crippen LogP contribution in [0.15, 0.2) is 5.51 Å². The second kappa shape index (κ2) is 12.0. The summed E-state index contributed by atoms with van der Waals surface area (Å²) in [5.74, 6) is -1.23. The number of rotatable bonds is 7. The van der Waals surface area contributed by atoms with Crippen molar-refractivity contribution in [2.45, 2.75) is 76.6 Å². The first-order chi connectivity index (χ1) is 15.7. The van der Waals surface area contributed by atoms with Crippen molar-refractivity contribution in [1.29, 1.82) is 0 Å². The smallest absolute Gasteiger partial charge is 0.475 e. The fourth-order valence-electron chi connectivity index (χ4n) is 5.17. The van der Waals surface area contributed by atoms with Gasteiger partial charge in [-0.1, -0.05) is 12.8 Å². The van der Waals surface area contributed by atoms with Crippen LogP contribution in [-0.2, 0) is 20.8 Å². The second-order valence-electron chi connectivity index (χ2n) is 9.35. The highest BCUT2D eigenvalue weighted by molar-refractivity contribution is 7.09. The van der Waals surface area contributed by atoms with E-state index in [2.05, 4.69) is 16.8 Å². The maximum absolute atomic E-state index is 10.6. The number of nitrogens with zero attached hydrogens (tertiary/aromatic N) is 2. The number of alkyl halides is 3. The van der Waals surface area contributed by atoms with Crippen LogP contribution in [0.25, 0.3) is 0 Å². The van der Waals surface area contributed by atoms with Crippen molar-refractivity contribution in [3.8, 4) is 0 Å². The van der Waals surface area contributed by atoms with Gasteiger partial charge in [-0.05, 0) is 57.3 Å². The van der Waals surface area contributed by atoms with Gasteiger partial charge in [0.2, 0.25) is 0 Å². The van der Waals surface area contributed by atoms with Gasteiger partial charge >= 0.3 is 12.1 Å². The SMILES string of the molecule is Cc1ncsc1CN1CCC2(CC1)OCCC2CCOCC1CCCC1.O=C(O)C(F)(F)F. The van der Waals surface area contributed by atoms with Crippen LogP contribution in [0.2, 0.25) is 0 Å². The number of ether oxygens (including phenoxy) is 2. The van der Waals surface area contributed by atoms with Gasteiger partial charge in [0.25, 0.3) is 0 Å². The first-order valence-electron chi connectivity index (χ1n) is 11.8. The number of hydrogen-bond donors (Lipinski definition) is 1. The number of carbonyl (C=O) groups is 1. The van der Waals surface area contributed by atoms with Crippen LogP contribution in [0.1, 0.15) is 61.9 Å². The molecular weight excluding hydrogens is 457 g/mol. The van der Waals surface area contributed by atoms with Crippen molar-refractivity contribution in [3.63, 3.8) is 0 Å². The second-order valence-corrected chi connectivity index (χ2v) is 10.3. The van der Waals surface area contributed by atoms with Crippen molar-refractivity contribution < 1.29 is 32.5 Å². The number of thiazole rings is 1. The molecule has 1 N–H and O–H groups in total. The molecule has 0 amide bonds. The molecule has 10 heteroatoms. The van der Waals surface area contributed by atoms with Gasteiger partial charge in [-0.15, -0.1) is 11.3 Å². The van der Waals surface area contributed by atoms with Gasteiger partial charge in [0.1, 0.15) is 0 Å². The Balaban J connectivity index is 0.000000383. The number of carboxylic acid groups (broad SMARTS) is 1. The molecule has 2 saturated heterocycles. The van der Waals surface area contributed by atoms with Gasteiger partial charge in [0.15, 0.2) is 0 Å². The van der Waals surface area contributed by atoms with E-state index in [1.165, 1.54) is 61.9 Å². The predicted molar refractivity (Wildman–Crippen MR) is 119 cm³/mol. The Morgan fingerprint density at radius 3 is 2.55 bits per heavy atom. The number of hydrogen-bond acceptors (Lipinski definition) is 6. The van der Waals surface area contributed by atoms with E-state index in [0.29, 0.717) is 5.92 Å². The third-order valence-electron chi connectivity index (χ3n) is 7.20. The molecule has 1 saturated carbocycles. The summed E-state index contributed by atoms with van der Waals surface area (Å²) in [5.41, 5.74) is 3.30. The summed E-state index contributed by atoms with van der Waals surface area (Å²) in [6.45, 7) is 8.34. The van der Waals surface area contributed by atoms with E-state index in [-0.39, 0.29) is 5.60 Å². The fourth-order valence-corrected chi connectivity index (χ4v) is 5.99. The maximum Gasteiger partial charge on any atom is 0.490 e. The van der Waals surface area contributed by atoms with Gasteiger partial charge < -0.3 is 14.6 Å². The van der Waals surface area contributed by atoms with Crippen LogP contribution in [0, 0.1) is 18.8 Å². The van der Waals surface area contributed by atoms with Gasteiger partial charge in [0.05, 0.1) is 16.8 Å².